The molecule has 0 heterocycles. The molecule has 20 heavy (non-hydrogen) atoms. The van der Waals surface area contributed by atoms with Crippen LogP contribution in [0.25, 0.3) is 0 Å². The molecule has 1 aromatic rings. The molecule has 0 aliphatic rings. The fraction of sp³-hybridized carbons (Fsp3) is 0.500. The van der Waals surface area contributed by atoms with E-state index >= 15 is 0 Å². The third-order valence-electron chi connectivity index (χ3n) is 2.93. The molecular formula is C14H20ClNO4. The molecule has 1 aromatic carbocycles. The molecule has 0 radical (unpaired) electrons. The fourth-order valence-corrected chi connectivity index (χ4v) is 2.05. The first-order valence-electron chi connectivity index (χ1n) is 6.28. The quantitative estimate of drug-likeness (QED) is 0.838. The monoisotopic (exact) mass is 301 g/mol. The first kappa shape index (κ1) is 16.8. The van der Waals surface area contributed by atoms with Gasteiger partial charge in [0.25, 0.3) is 5.91 Å². The van der Waals surface area contributed by atoms with Gasteiger partial charge >= 0.3 is 0 Å². The molecule has 1 unspecified atom stereocenters. The second kappa shape index (κ2) is 8.09. The molecular weight excluding hydrogens is 282 g/mol. The lowest BCUT2D eigenvalue weighted by Crippen LogP contribution is -2.43. The van der Waals surface area contributed by atoms with Crippen LogP contribution in [0.1, 0.15) is 17.3 Å². The Labute approximate surface area is 124 Å². The third kappa shape index (κ3) is 4.37. The summed E-state index contributed by atoms with van der Waals surface area (Å²) in [6.45, 7) is 3.09. The van der Waals surface area contributed by atoms with Gasteiger partial charge in [-0.3, -0.25) is 4.79 Å². The molecule has 1 atom stereocenters. The zero-order chi connectivity index (χ0) is 15.1. The number of phenols is 1. The molecule has 1 rings (SSSR count). The Bertz CT molecular complexity index is 453. The lowest BCUT2D eigenvalue weighted by molar-refractivity contribution is 0.0477. The lowest BCUT2D eigenvalue weighted by Gasteiger charge is -2.29. The van der Waals surface area contributed by atoms with Gasteiger partial charge in [-0.05, 0) is 25.1 Å². The molecule has 0 aromatic heterocycles. The summed E-state index contributed by atoms with van der Waals surface area (Å²) < 4.78 is 10.1. The molecule has 0 aliphatic heterocycles. The van der Waals surface area contributed by atoms with Crippen molar-refractivity contribution < 1.29 is 19.4 Å². The second-order valence-corrected chi connectivity index (χ2v) is 4.89. The maximum Gasteiger partial charge on any atom is 0.258 e. The number of aromatic hydroxyl groups is 1. The topological polar surface area (TPSA) is 59.0 Å². The molecule has 6 heteroatoms. The standard InChI is InChI=1S/C14H20ClNO4/c1-10(9-20-3)16(6-7-19-2)14(18)12-8-11(15)4-5-13(12)17/h4-5,8,10,17H,6-7,9H2,1-3H3. The van der Waals surface area contributed by atoms with E-state index in [0.717, 1.165) is 0 Å². The fourth-order valence-electron chi connectivity index (χ4n) is 1.88. The van der Waals surface area contributed by atoms with Crippen molar-refractivity contribution in [2.75, 3.05) is 34.0 Å². The molecule has 1 amide bonds. The number of carbonyl (C=O) groups excluding carboxylic acids is 1. The lowest BCUT2D eigenvalue weighted by atomic mass is 10.1. The van der Waals surface area contributed by atoms with Crippen molar-refractivity contribution in [1.29, 1.82) is 0 Å². The summed E-state index contributed by atoms with van der Waals surface area (Å²) in [5, 5.41) is 10.2. The van der Waals surface area contributed by atoms with Gasteiger partial charge in [0.1, 0.15) is 5.75 Å². The van der Waals surface area contributed by atoms with Crippen LogP contribution >= 0.6 is 11.6 Å². The highest BCUT2D eigenvalue weighted by Crippen LogP contribution is 2.23. The van der Waals surface area contributed by atoms with Crippen molar-refractivity contribution in [3.63, 3.8) is 0 Å². The van der Waals surface area contributed by atoms with Gasteiger partial charge in [0, 0.05) is 25.8 Å². The summed E-state index contributed by atoms with van der Waals surface area (Å²) >= 11 is 5.88. The Morgan fingerprint density at radius 1 is 1.40 bits per heavy atom. The van der Waals surface area contributed by atoms with Crippen LogP contribution in [0.4, 0.5) is 0 Å². The molecule has 0 saturated heterocycles. The van der Waals surface area contributed by atoms with Gasteiger partial charge in [-0.25, -0.2) is 0 Å². The van der Waals surface area contributed by atoms with Crippen LogP contribution in [0, 0.1) is 0 Å². The maximum atomic E-state index is 12.5. The minimum Gasteiger partial charge on any atom is -0.507 e. The van der Waals surface area contributed by atoms with E-state index in [2.05, 4.69) is 0 Å². The molecule has 0 fully saturated rings. The van der Waals surface area contributed by atoms with Crippen molar-refractivity contribution in [2.45, 2.75) is 13.0 Å². The van der Waals surface area contributed by atoms with Crippen LogP contribution < -0.4 is 0 Å². The number of hydrogen-bond donors (Lipinski definition) is 1. The van der Waals surface area contributed by atoms with Gasteiger partial charge in [-0.2, -0.15) is 0 Å². The van der Waals surface area contributed by atoms with E-state index in [1.54, 1.807) is 19.1 Å². The van der Waals surface area contributed by atoms with Crippen molar-refractivity contribution in [3.8, 4) is 5.75 Å². The van der Waals surface area contributed by atoms with Gasteiger partial charge in [0.2, 0.25) is 0 Å². The zero-order valence-corrected chi connectivity index (χ0v) is 12.7. The second-order valence-electron chi connectivity index (χ2n) is 4.46. The third-order valence-corrected chi connectivity index (χ3v) is 3.16. The number of halogens is 1. The largest absolute Gasteiger partial charge is 0.507 e. The van der Waals surface area contributed by atoms with Crippen molar-refractivity contribution in [2.24, 2.45) is 0 Å². The first-order valence-corrected chi connectivity index (χ1v) is 6.66. The number of phenolic OH excluding ortho intramolecular Hbond substituents is 1. The highest BCUT2D eigenvalue weighted by Gasteiger charge is 2.23. The highest BCUT2D eigenvalue weighted by molar-refractivity contribution is 6.31. The summed E-state index contributed by atoms with van der Waals surface area (Å²) in [5.41, 5.74) is 0.177. The maximum absolute atomic E-state index is 12.5. The van der Waals surface area contributed by atoms with E-state index in [1.807, 2.05) is 6.92 Å². The average Bonchev–Trinajstić information content (AvgIpc) is 2.42. The number of hydrogen-bond acceptors (Lipinski definition) is 4. The molecule has 0 spiro atoms. The van der Waals surface area contributed by atoms with Crippen molar-refractivity contribution >= 4 is 17.5 Å². The Morgan fingerprint density at radius 2 is 2.10 bits per heavy atom. The summed E-state index contributed by atoms with van der Waals surface area (Å²) in [7, 11) is 3.15. The smallest absolute Gasteiger partial charge is 0.258 e. The van der Waals surface area contributed by atoms with E-state index in [0.29, 0.717) is 24.8 Å². The normalized spacial score (nSPS) is 12.2. The Hall–Kier alpha value is -1.30. The summed E-state index contributed by atoms with van der Waals surface area (Å²) in [4.78, 5) is 14.1. The molecule has 1 N–H and O–H groups in total. The minimum absolute atomic E-state index is 0.0913. The number of carbonyl (C=O) groups is 1. The predicted molar refractivity (Wildman–Crippen MR) is 77.4 cm³/mol. The average molecular weight is 302 g/mol. The number of nitrogens with zero attached hydrogens (tertiary/aromatic N) is 1. The number of ether oxygens (including phenoxy) is 2. The van der Waals surface area contributed by atoms with E-state index in [9.17, 15) is 9.90 Å². The number of methoxy groups -OCH3 is 2. The van der Waals surface area contributed by atoms with Crippen LogP contribution in [0.2, 0.25) is 5.02 Å². The van der Waals surface area contributed by atoms with Gasteiger partial charge in [-0.15, -0.1) is 0 Å². The number of benzene rings is 1. The summed E-state index contributed by atoms with van der Waals surface area (Å²) in [6, 6.07) is 4.26. The number of rotatable bonds is 7. The molecule has 0 bridgehead atoms. The van der Waals surface area contributed by atoms with Crippen molar-refractivity contribution in [3.05, 3.63) is 28.8 Å². The van der Waals surface area contributed by atoms with Gasteiger partial charge in [-0.1, -0.05) is 11.6 Å². The minimum atomic E-state index is -0.299. The SMILES string of the molecule is COCCN(C(=O)c1cc(Cl)ccc1O)C(C)COC. The van der Waals surface area contributed by atoms with E-state index in [1.165, 1.54) is 18.2 Å². The first-order chi connectivity index (χ1) is 9.51. The number of amides is 1. The molecule has 0 aliphatic carbocycles. The van der Waals surface area contributed by atoms with E-state index < -0.39 is 0 Å². The van der Waals surface area contributed by atoms with Crippen LogP contribution in [-0.2, 0) is 9.47 Å². The van der Waals surface area contributed by atoms with Crippen LogP contribution in [0.3, 0.4) is 0 Å². The summed E-state index contributed by atoms with van der Waals surface area (Å²) in [5.74, 6) is -0.391. The molecule has 112 valence electrons. The molecule has 0 saturated carbocycles. The Morgan fingerprint density at radius 3 is 2.70 bits per heavy atom. The van der Waals surface area contributed by atoms with Crippen LogP contribution in [0.15, 0.2) is 18.2 Å². The van der Waals surface area contributed by atoms with Crippen molar-refractivity contribution in [1.82, 2.24) is 4.90 Å². The molecule has 5 nitrogen and oxygen atoms in total. The Kier molecular flexibility index (Phi) is 6.78. The van der Waals surface area contributed by atoms with Crippen LogP contribution in [-0.4, -0.2) is 55.9 Å². The van der Waals surface area contributed by atoms with Gasteiger partial charge in [0.05, 0.1) is 24.8 Å². The Balaban J connectivity index is 2.99. The van der Waals surface area contributed by atoms with Gasteiger partial charge in [0.15, 0.2) is 0 Å². The highest BCUT2D eigenvalue weighted by atomic mass is 35.5. The van der Waals surface area contributed by atoms with E-state index in [-0.39, 0.29) is 23.3 Å². The predicted octanol–water partition coefficient (Wildman–Crippen LogP) is 2.17. The van der Waals surface area contributed by atoms with E-state index in [4.69, 9.17) is 21.1 Å². The zero-order valence-electron chi connectivity index (χ0n) is 11.9. The van der Waals surface area contributed by atoms with Gasteiger partial charge < -0.3 is 19.5 Å². The van der Waals surface area contributed by atoms with Crippen LogP contribution in [0.5, 0.6) is 5.75 Å². The summed E-state index contributed by atoms with van der Waals surface area (Å²) in [6.07, 6.45) is 0.